The fourth-order valence-electron chi connectivity index (χ4n) is 2.23. The molecule has 2 heteroatoms. The molecule has 2 nitrogen and oxygen atoms in total. The topological polar surface area (TPSA) is 29.5 Å². The minimum Gasteiger partial charge on any atom is -0.494 e. The smallest absolute Gasteiger partial charge is 0.119 e. The van der Waals surface area contributed by atoms with Crippen LogP contribution in [0.5, 0.6) is 5.75 Å². The Hall–Kier alpha value is -1.80. The molecule has 0 amide bonds. The van der Waals surface area contributed by atoms with Crippen molar-refractivity contribution in [2.24, 2.45) is 0 Å². The summed E-state index contributed by atoms with van der Waals surface area (Å²) in [5, 5.41) is 10.3. The highest BCUT2D eigenvalue weighted by molar-refractivity contribution is 5.29. The van der Waals surface area contributed by atoms with Gasteiger partial charge in [-0.15, -0.1) is 0 Å². The molecular weight excluding hydrogens is 260 g/mol. The van der Waals surface area contributed by atoms with Crippen LogP contribution in [0.1, 0.15) is 42.6 Å². The number of rotatable bonds is 7. The largest absolute Gasteiger partial charge is 0.494 e. The van der Waals surface area contributed by atoms with E-state index >= 15 is 0 Å². The second-order valence-corrected chi connectivity index (χ2v) is 5.46. The first-order valence-corrected chi connectivity index (χ1v) is 7.65. The van der Waals surface area contributed by atoms with Crippen molar-refractivity contribution in [1.82, 2.24) is 0 Å². The van der Waals surface area contributed by atoms with E-state index in [4.69, 9.17) is 4.74 Å². The lowest BCUT2D eigenvalue weighted by molar-refractivity contribution is 0.167. The highest BCUT2D eigenvalue weighted by atomic mass is 16.5. The first-order chi connectivity index (χ1) is 10.2. The molecule has 0 aliphatic heterocycles. The number of aryl methyl sites for hydroxylation is 2. The molecule has 0 heterocycles. The van der Waals surface area contributed by atoms with Gasteiger partial charge in [-0.1, -0.05) is 48.9 Å². The van der Waals surface area contributed by atoms with Crippen LogP contribution in [-0.2, 0) is 6.42 Å². The lowest BCUT2D eigenvalue weighted by Crippen LogP contribution is -2.00. The van der Waals surface area contributed by atoms with Gasteiger partial charge in [-0.05, 0) is 49.4 Å². The first-order valence-electron chi connectivity index (χ1n) is 7.65. The van der Waals surface area contributed by atoms with Gasteiger partial charge in [0.25, 0.3) is 0 Å². The molecule has 2 rings (SSSR count). The van der Waals surface area contributed by atoms with Crippen molar-refractivity contribution in [3.8, 4) is 5.75 Å². The number of aliphatic hydroxyl groups is 1. The van der Waals surface area contributed by atoms with Crippen LogP contribution in [0.25, 0.3) is 0 Å². The van der Waals surface area contributed by atoms with Crippen LogP contribution in [0, 0.1) is 6.92 Å². The normalized spacial score (nSPS) is 12.1. The molecule has 21 heavy (non-hydrogen) atoms. The van der Waals surface area contributed by atoms with E-state index in [1.165, 1.54) is 11.1 Å². The van der Waals surface area contributed by atoms with Crippen molar-refractivity contribution in [3.63, 3.8) is 0 Å². The summed E-state index contributed by atoms with van der Waals surface area (Å²) in [4.78, 5) is 0. The van der Waals surface area contributed by atoms with Crippen LogP contribution < -0.4 is 4.74 Å². The zero-order chi connectivity index (χ0) is 15.1. The fourth-order valence-corrected chi connectivity index (χ4v) is 2.23. The number of aliphatic hydroxyl groups excluding tert-OH is 1. The quantitative estimate of drug-likeness (QED) is 0.814. The molecular formula is C19H24O2. The van der Waals surface area contributed by atoms with Gasteiger partial charge in [-0.25, -0.2) is 0 Å². The molecule has 0 aliphatic rings. The Labute approximate surface area is 127 Å². The van der Waals surface area contributed by atoms with Gasteiger partial charge in [0.2, 0.25) is 0 Å². The minimum atomic E-state index is -0.425. The molecule has 0 fully saturated rings. The molecule has 0 aliphatic carbocycles. The third kappa shape index (κ3) is 4.91. The molecule has 1 unspecified atom stereocenters. The van der Waals surface area contributed by atoms with E-state index in [1.54, 1.807) is 0 Å². The van der Waals surface area contributed by atoms with Crippen LogP contribution >= 0.6 is 0 Å². The summed E-state index contributed by atoms with van der Waals surface area (Å²) in [5.41, 5.74) is 3.48. The molecule has 112 valence electrons. The zero-order valence-electron chi connectivity index (χ0n) is 12.9. The maximum absolute atomic E-state index is 10.3. The zero-order valence-corrected chi connectivity index (χ0v) is 12.9. The van der Waals surface area contributed by atoms with E-state index in [9.17, 15) is 5.11 Å². The molecule has 0 saturated carbocycles. The fraction of sp³-hybridized carbons (Fsp3) is 0.368. The van der Waals surface area contributed by atoms with Gasteiger partial charge < -0.3 is 9.84 Å². The average Bonchev–Trinajstić information content (AvgIpc) is 2.52. The van der Waals surface area contributed by atoms with Gasteiger partial charge in [-0.2, -0.15) is 0 Å². The Bertz CT molecular complexity index is 528. The van der Waals surface area contributed by atoms with Crippen molar-refractivity contribution in [1.29, 1.82) is 0 Å². The maximum atomic E-state index is 10.3. The summed E-state index contributed by atoms with van der Waals surface area (Å²) >= 11 is 0. The third-order valence-electron chi connectivity index (χ3n) is 3.56. The number of hydrogen-bond donors (Lipinski definition) is 1. The number of hydrogen-bond acceptors (Lipinski definition) is 2. The van der Waals surface area contributed by atoms with E-state index in [2.05, 4.69) is 38.1 Å². The standard InChI is InChI=1S/C19H24O2/c1-3-14-21-18-11-9-17(10-12-18)19(20)13-8-16-6-4-15(2)5-7-16/h4-7,9-12,19-20H,3,8,13-14H2,1-2H3. The van der Waals surface area contributed by atoms with E-state index in [0.717, 1.165) is 37.2 Å². The summed E-state index contributed by atoms with van der Waals surface area (Å²) in [6, 6.07) is 16.2. The minimum absolute atomic E-state index is 0.425. The van der Waals surface area contributed by atoms with Gasteiger partial charge in [0.15, 0.2) is 0 Å². The predicted octanol–water partition coefficient (Wildman–Crippen LogP) is 4.45. The maximum Gasteiger partial charge on any atom is 0.119 e. The highest BCUT2D eigenvalue weighted by Gasteiger charge is 2.08. The summed E-state index contributed by atoms with van der Waals surface area (Å²) in [7, 11) is 0. The highest BCUT2D eigenvalue weighted by Crippen LogP contribution is 2.22. The Balaban J connectivity index is 1.87. The van der Waals surface area contributed by atoms with Gasteiger partial charge in [0.05, 0.1) is 12.7 Å². The van der Waals surface area contributed by atoms with Crippen molar-refractivity contribution in [2.75, 3.05) is 6.61 Å². The molecule has 2 aromatic rings. The molecule has 0 aromatic heterocycles. The van der Waals surface area contributed by atoms with Crippen LogP contribution in [0.3, 0.4) is 0 Å². The van der Waals surface area contributed by atoms with Gasteiger partial charge in [0.1, 0.15) is 5.75 Å². The lowest BCUT2D eigenvalue weighted by atomic mass is 10.0. The number of ether oxygens (including phenoxy) is 1. The lowest BCUT2D eigenvalue weighted by Gasteiger charge is -2.12. The Morgan fingerprint density at radius 3 is 2.29 bits per heavy atom. The summed E-state index contributed by atoms with van der Waals surface area (Å²) in [6.07, 6.45) is 2.20. The second kappa shape index (κ2) is 7.84. The van der Waals surface area contributed by atoms with Gasteiger partial charge in [0, 0.05) is 0 Å². The summed E-state index contributed by atoms with van der Waals surface area (Å²) in [6.45, 7) is 4.90. The Morgan fingerprint density at radius 1 is 1.00 bits per heavy atom. The van der Waals surface area contributed by atoms with Crippen molar-refractivity contribution >= 4 is 0 Å². The molecule has 0 saturated heterocycles. The van der Waals surface area contributed by atoms with Crippen molar-refractivity contribution in [2.45, 2.75) is 39.2 Å². The van der Waals surface area contributed by atoms with Gasteiger partial charge >= 0.3 is 0 Å². The molecule has 2 aromatic carbocycles. The van der Waals surface area contributed by atoms with Crippen molar-refractivity contribution < 1.29 is 9.84 Å². The van der Waals surface area contributed by atoms with E-state index in [1.807, 2.05) is 24.3 Å². The Morgan fingerprint density at radius 2 is 1.67 bits per heavy atom. The second-order valence-electron chi connectivity index (χ2n) is 5.46. The third-order valence-corrected chi connectivity index (χ3v) is 3.56. The summed E-state index contributed by atoms with van der Waals surface area (Å²) < 4.78 is 5.55. The molecule has 1 atom stereocenters. The van der Waals surface area contributed by atoms with Crippen LogP contribution in [0.15, 0.2) is 48.5 Å². The van der Waals surface area contributed by atoms with Crippen LogP contribution in [0.2, 0.25) is 0 Å². The molecule has 0 spiro atoms. The van der Waals surface area contributed by atoms with Gasteiger partial charge in [-0.3, -0.25) is 0 Å². The first kappa shape index (κ1) is 15.6. The monoisotopic (exact) mass is 284 g/mol. The predicted molar refractivity (Wildman–Crippen MR) is 86.7 cm³/mol. The van der Waals surface area contributed by atoms with Crippen LogP contribution in [0.4, 0.5) is 0 Å². The number of benzene rings is 2. The Kier molecular flexibility index (Phi) is 5.82. The van der Waals surface area contributed by atoms with Crippen LogP contribution in [-0.4, -0.2) is 11.7 Å². The SMILES string of the molecule is CCCOc1ccc(C(O)CCc2ccc(C)cc2)cc1. The molecule has 0 bridgehead atoms. The summed E-state index contributed by atoms with van der Waals surface area (Å²) in [5.74, 6) is 0.867. The van der Waals surface area contributed by atoms with E-state index < -0.39 is 6.10 Å². The van der Waals surface area contributed by atoms with E-state index in [-0.39, 0.29) is 0 Å². The molecule has 0 radical (unpaired) electrons. The average molecular weight is 284 g/mol. The van der Waals surface area contributed by atoms with Crippen molar-refractivity contribution in [3.05, 3.63) is 65.2 Å². The molecule has 1 N–H and O–H groups in total. The van der Waals surface area contributed by atoms with E-state index in [0.29, 0.717) is 0 Å².